The summed E-state index contributed by atoms with van der Waals surface area (Å²) in [5.41, 5.74) is 1.68. The van der Waals surface area contributed by atoms with Crippen LogP contribution in [0.2, 0.25) is 0 Å². The Morgan fingerprint density at radius 2 is 2.06 bits per heavy atom. The molecule has 0 N–H and O–H groups in total. The third-order valence-corrected chi connectivity index (χ3v) is 5.61. The first-order valence-electron chi connectivity index (χ1n) is 11.8. The average Bonchev–Trinajstić information content (AvgIpc) is 3.22. The molecule has 1 aliphatic heterocycles. The monoisotopic (exact) mass is 429 g/mol. The van der Waals surface area contributed by atoms with Crippen LogP contribution in [0.1, 0.15) is 52.2 Å². The second-order valence-electron chi connectivity index (χ2n) is 7.63. The molecule has 0 spiro atoms. The zero-order valence-corrected chi connectivity index (χ0v) is 17.6. The highest BCUT2D eigenvalue weighted by atomic mass is 19.1. The molecule has 0 amide bonds. The Bertz CT molecular complexity index is 1180. The molecule has 0 saturated carbocycles. The molecule has 1 aromatic heterocycles. The third-order valence-electron chi connectivity index (χ3n) is 5.61. The maximum Gasteiger partial charge on any atom is 0.170 e. The molecule has 1 atom stereocenters. The SMILES string of the molecule is [2H]C(CN1CCC(c2noc3cc(F)ccc23)CC1)C([2H])([2H])Oc1ccc(C(C)=O)cc1OC. The first kappa shape index (κ1) is 17.7. The molecular formula is C24H27FN2O4. The van der Waals surface area contributed by atoms with Crippen molar-refractivity contribution in [1.82, 2.24) is 10.1 Å². The number of likely N-dealkylation sites (tertiary alicyclic amines) is 1. The van der Waals surface area contributed by atoms with Gasteiger partial charge in [-0.3, -0.25) is 4.79 Å². The number of hydrogen-bond donors (Lipinski definition) is 0. The Kier molecular flexibility index (Phi) is 5.41. The Labute approximate surface area is 185 Å². The van der Waals surface area contributed by atoms with E-state index >= 15 is 0 Å². The van der Waals surface area contributed by atoms with E-state index in [1.807, 2.05) is 4.90 Å². The molecule has 1 aliphatic rings. The highest BCUT2D eigenvalue weighted by Crippen LogP contribution is 2.33. The number of methoxy groups -OCH3 is 1. The van der Waals surface area contributed by atoms with Crippen molar-refractivity contribution in [2.24, 2.45) is 0 Å². The molecule has 1 saturated heterocycles. The van der Waals surface area contributed by atoms with E-state index in [2.05, 4.69) is 5.16 Å². The van der Waals surface area contributed by atoms with Crippen molar-refractivity contribution in [3.63, 3.8) is 0 Å². The number of ether oxygens (including phenoxy) is 2. The Hall–Kier alpha value is -2.93. The van der Waals surface area contributed by atoms with Crippen LogP contribution in [-0.4, -0.2) is 49.1 Å². The van der Waals surface area contributed by atoms with Gasteiger partial charge in [-0.05, 0) is 69.6 Å². The molecule has 6 nitrogen and oxygen atoms in total. The van der Waals surface area contributed by atoms with Crippen molar-refractivity contribution >= 4 is 16.8 Å². The molecule has 1 fully saturated rings. The lowest BCUT2D eigenvalue weighted by Gasteiger charge is -2.31. The standard InChI is InChI=1S/C24H27FN2O4/c1-16(28)18-4-7-21(23(14-18)29-2)30-13-3-10-27-11-8-17(9-12-27)24-20-6-5-19(25)15-22(20)31-26-24/h4-7,14-15,17H,3,8-13H2,1-2H3/i3D,13D2. The summed E-state index contributed by atoms with van der Waals surface area (Å²) in [7, 11) is 1.42. The lowest BCUT2D eigenvalue weighted by Crippen LogP contribution is -2.34. The fourth-order valence-corrected chi connectivity index (χ4v) is 3.86. The molecule has 0 bridgehead atoms. The molecule has 4 rings (SSSR count). The van der Waals surface area contributed by atoms with Gasteiger partial charge in [-0.15, -0.1) is 0 Å². The van der Waals surface area contributed by atoms with Crippen LogP contribution in [0.25, 0.3) is 11.0 Å². The van der Waals surface area contributed by atoms with Crippen molar-refractivity contribution < 1.29 is 27.3 Å². The first-order valence-corrected chi connectivity index (χ1v) is 10.3. The van der Waals surface area contributed by atoms with E-state index in [0.29, 0.717) is 24.2 Å². The first-order chi connectivity index (χ1) is 16.2. The van der Waals surface area contributed by atoms with E-state index in [4.69, 9.17) is 18.1 Å². The molecule has 2 aromatic carbocycles. The fourth-order valence-electron chi connectivity index (χ4n) is 3.86. The quantitative estimate of drug-likeness (QED) is 0.478. The molecule has 1 unspecified atom stereocenters. The minimum absolute atomic E-state index is 0.139. The van der Waals surface area contributed by atoms with Crippen LogP contribution in [0.5, 0.6) is 11.5 Å². The van der Waals surface area contributed by atoms with E-state index in [0.717, 1.165) is 23.9 Å². The Balaban J connectivity index is 1.36. The minimum atomic E-state index is -2.27. The van der Waals surface area contributed by atoms with Gasteiger partial charge in [0.1, 0.15) is 5.82 Å². The van der Waals surface area contributed by atoms with Crippen molar-refractivity contribution in [1.29, 1.82) is 0 Å². The zero-order chi connectivity index (χ0) is 24.5. The topological polar surface area (TPSA) is 64.8 Å². The number of fused-ring (bicyclic) bond motifs is 1. The highest BCUT2D eigenvalue weighted by Gasteiger charge is 2.25. The summed E-state index contributed by atoms with van der Waals surface area (Å²) >= 11 is 0. The number of ketones is 1. The van der Waals surface area contributed by atoms with Crippen molar-refractivity contribution in [3.8, 4) is 11.5 Å². The number of carbonyl (C=O) groups excluding carboxylic acids is 1. The van der Waals surface area contributed by atoms with Gasteiger partial charge < -0.3 is 18.9 Å². The van der Waals surface area contributed by atoms with Crippen molar-refractivity contribution in [3.05, 3.63) is 53.5 Å². The summed E-state index contributed by atoms with van der Waals surface area (Å²) in [4.78, 5) is 13.6. The van der Waals surface area contributed by atoms with Gasteiger partial charge in [-0.2, -0.15) is 0 Å². The maximum absolute atomic E-state index is 13.4. The van der Waals surface area contributed by atoms with E-state index in [9.17, 15) is 9.18 Å². The minimum Gasteiger partial charge on any atom is -0.493 e. The van der Waals surface area contributed by atoms with Crippen molar-refractivity contribution in [2.45, 2.75) is 32.1 Å². The number of aromatic nitrogens is 1. The van der Waals surface area contributed by atoms with Crippen molar-refractivity contribution in [2.75, 3.05) is 33.3 Å². The number of Topliss-reactive ketones (excluding diaryl/α,β-unsaturated/α-hetero) is 1. The summed E-state index contributed by atoms with van der Waals surface area (Å²) < 4.78 is 54.5. The normalized spacial score (nSPS) is 18.2. The summed E-state index contributed by atoms with van der Waals surface area (Å²) in [6, 6.07) is 8.94. The van der Waals surface area contributed by atoms with Gasteiger partial charge >= 0.3 is 0 Å². The molecule has 3 aromatic rings. The van der Waals surface area contributed by atoms with Crippen LogP contribution in [0.4, 0.5) is 4.39 Å². The van der Waals surface area contributed by atoms with Crippen LogP contribution in [0.3, 0.4) is 0 Å². The smallest absolute Gasteiger partial charge is 0.170 e. The van der Waals surface area contributed by atoms with Gasteiger partial charge in [0.05, 0.1) is 22.1 Å². The predicted octanol–water partition coefficient (Wildman–Crippen LogP) is 4.83. The van der Waals surface area contributed by atoms with E-state index in [1.165, 1.54) is 38.3 Å². The molecule has 31 heavy (non-hydrogen) atoms. The maximum atomic E-state index is 13.4. The summed E-state index contributed by atoms with van der Waals surface area (Å²) in [5, 5.41) is 4.97. The van der Waals surface area contributed by atoms with Crippen LogP contribution in [0, 0.1) is 5.82 Å². The number of rotatable bonds is 8. The summed E-state index contributed by atoms with van der Waals surface area (Å²) in [6.07, 6.45) is 0.378. The number of benzene rings is 2. The molecule has 0 radical (unpaired) electrons. The van der Waals surface area contributed by atoms with E-state index in [-0.39, 0.29) is 35.6 Å². The Morgan fingerprint density at radius 1 is 1.26 bits per heavy atom. The second-order valence-corrected chi connectivity index (χ2v) is 7.63. The molecular weight excluding hydrogens is 399 g/mol. The number of hydrogen-bond acceptors (Lipinski definition) is 6. The summed E-state index contributed by atoms with van der Waals surface area (Å²) in [6.45, 7) is 0.694. The number of nitrogens with zero attached hydrogens (tertiary/aromatic N) is 2. The fraction of sp³-hybridized carbons (Fsp3) is 0.417. The number of carbonyl (C=O) groups is 1. The molecule has 2 heterocycles. The van der Waals surface area contributed by atoms with E-state index in [1.54, 1.807) is 12.1 Å². The van der Waals surface area contributed by atoms with E-state index < -0.39 is 13.0 Å². The number of halogens is 1. The van der Waals surface area contributed by atoms with Gasteiger partial charge in [0.25, 0.3) is 0 Å². The van der Waals surface area contributed by atoms with Gasteiger partial charge in [0.15, 0.2) is 22.9 Å². The average molecular weight is 430 g/mol. The van der Waals surface area contributed by atoms with Crippen LogP contribution in [-0.2, 0) is 0 Å². The number of piperidine rings is 1. The lowest BCUT2D eigenvalue weighted by molar-refractivity contribution is 0.101. The molecule has 0 aliphatic carbocycles. The van der Waals surface area contributed by atoms with Gasteiger partial charge in [0, 0.05) is 30.8 Å². The largest absolute Gasteiger partial charge is 0.493 e. The lowest BCUT2D eigenvalue weighted by atomic mass is 9.91. The second kappa shape index (κ2) is 9.47. The third kappa shape index (κ3) is 4.88. The molecule has 7 heteroatoms. The van der Waals surface area contributed by atoms with Gasteiger partial charge in [-0.25, -0.2) is 4.39 Å². The van der Waals surface area contributed by atoms with Gasteiger partial charge in [0.2, 0.25) is 0 Å². The van der Waals surface area contributed by atoms with Crippen LogP contribution < -0.4 is 9.47 Å². The van der Waals surface area contributed by atoms with Crippen LogP contribution in [0.15, 0.2) is 40.9 Å². The van der Waals surface area contributed by atoms with Crippen LogP contribution >= 0.6 is 0 Å². The predicted molar refractivity (Wildman–Crippen MR) is 115 cm³/mol. The van der Waals surface area contributed by atoms with Gasteiger partial charge in [-0.1, -0.05) is 5.16 Å². The zero-order valence-electron chi connectivity index (χ0n) is 20.6. The molecule has 164 valence electrons. The highest BCUT2D eigenvalue weighted by molar-refractivity contribution is 5.94. The Morgan fingerprint density at radius 3 is 2.81 bits per heavy atom. The summed E-state index contributed by atoms with van der Waals surface area (Å²) in [5.74, 6) is 0.0344.